The number of hydrogen-bond donors (Lipinski definition) is 2. The van der Waals surface area contributed by atoms with Crippen LogP contribution in [0.25, 0.3) is 0 Å². The van der Waals surface area contributed by atoms with Gasteiger partial charge in [-0.05, 0) is 31.7 Å². The molecule has 1 aliphatic heterocycles. The maximum atomic E-state index is 12.1. The number of carbonyl (C=O) groups excluding carboxylic acids is 2. The van der Waals surface area contributed by atoms with Crippen molar-refractivity contribution in [2.75, 3.05) is 13.7 Å². The predicted molar refractivity (Wildman–Crippen MR) is 76.2 cm³/mol. The largest absolute Gasteiger partial charge is 0.467 e. The Hall–Kier alpha value is -1.10. The summed E-state index contributed by atoms with van der Waals surface area (Å²) in [7, 11) is 1.39. The van der Waals surface area contributed by atoms with Gasteiger partial charge in [0, 0.05) is 0 Å². The van der Waals surface area contributed by atoms with E-state index < -0.39 is 6.04 Å². The van der Waals surface area contributed by atoms with Gasteiger partial charge in [0.25, 0.3) is 0 Å². The van der Waals surface area contributed by atoms with Crippen LogP contribution >= 0.6 is 0 Å². The van der Waals surface area contributed by atoms with E-state index >= 15 is 0 Å². The quantitative estimate of drug-likeness (QED) is 0.747. The molecule has 2 fully saturated rings. The molecule has 5 nitrogen and oxygen atoms in total. The standard InChI is InChI=1S/C15H26N2O3/c1-20-15(19)13(10-11-6-3-2-4-7-11)17-14(18)12-8-5-9-16-12/h11-13,16H,2-10H2,1H3,(H,17,18)/t12?,13-/m1/s1. The summed E-state index contributed by atoms with van der Waals surface area (Å²) in [5.41, 5.74) is 0. The molecule has 5 heteroatoms. The number of nitrogens with one attached hydrogen (secondary N) is 2. The molecule has 1 heterocycles. The van der Waals surface area contributed by atoms with Crippen molar-refractivity contribution in [1.82, 2.24) is 10.6 Å². The van der Waals surface area contributed by atoms with Crippen LogP contribution in [0.4, 0.5) is 0 Å². The van der Waals surface area contributed by atoms with E-state index in [0.29, 0.717) is 12.3 Å². The highest BCUT2D eigenvalue weighted by Crippen LogP contribution is 2.27. The van der Waals surface area contributed by atoms with Crippen molar-refractivity contribution in [2.45, 2.75) is 63.5 Å². The van der Waals surface area contributed by atoms with E-state index in [4.69, 9.17) is 4.74 Å². The Morgan fingerprint density at radius 3 is 2.55 bits per heavy atom. The molecule has 0 spiro atoms. The molecule has 1 saturated heterocycles. The highest BCUT2D eigenvalue weighted by molar-refractivity contribution is 5.87. The molecular weight excluding hydrogens is 256 g/mol. The van der Waals surface area contributed by atoms with Gasteiger partial charge < -0.3 is 15.4 Å². The van der Waals surface area contributed by atoms with E-state index in [-0.39, 0.29) is 17.9 Å². The second kappa shape index (κ2) is 7.62. The van der Waals surface area contributed by atoms with Crippen molar-refractivity contribution < 1.29 is 14.3 Å². The van der Waals surface area contributed by atoms with Gasteiger partial charge in [0.1, 0.15) is 6.04 Å². The number of amides is 1. The lowest BCUT2D eigenvalue weighted by Gasteiger charge is -2.26. The van der Waals surface area contributed by atoms with E-state index in [0.717, 1.165) is 32.2 Å². The summed E-state index contributed by atoms with van der Waals surface area (Å²) in [6.07, 6.45) is 8.65. The minimum absolute atomic E-state index is 0.0614. The Morgan fingerprint density at radius 1 is 1.20 bits per heavy atom. The predicted octanol–water partition coefficient (Wildman–Crippen LogP) is 1.37. The van der Waals surface area contributed by atoms with E-state index in [1.807, 2.05) is 0 Å². The van der Waals surface area contributed by atoms with E-state index in [1.54, 1.807) is 0 Å². The molecule has 2 aliphatic rings. The highest BCUT2D eigenvalue weighted by atomic mass is 16.5. The van der Waals surface area contributed by atoms with Gasteiger partial charge in [-0.25, -0.2) is 4.79 Å². The number of rotatable bonds is 5. The monoisotopic (exact) mass is 282 g/mol. The van der Waals surface area contributed by atoms with Crippen molar-refractivity contribution in [2.24, 2.45) is 5.92 Å². The van der Waals surface area contributed by atoms with Crippen molar-refractivity contribution in [1.29, 1.82) is 0 Å². The lowest BCUT2D eigenvalue weighted by atomic mass is 9.84. The molecule has 0 radical (unpaired) electrons. The molecule has 0 bridgehead atoms. The zero-order valence-electron chi connectivity index (χ0n) is 12.3. The molecule has 0 aromatic carbocycles. The summed E-state index contributed by atoms with van der Waals surface area (Å²) >= 11 is 0. The average molecular weight is 282 g/mol. The van der Waals surface area contributed by atoms with Gasteiger partial charge in [-0.2, -0.15) is 0 Å². The second-order valence-electron chi connectivity index (χ2n) is 5.97. The first kappa shape index (κ1) is 15.3. The Kier molecular flexibility index (Phi) is 5.83. The Labute approximate surface area is 120 Å². The lowest BCUT2D eigenvalue weighted by Crippen LogP contribution is -2.49. The van der Waals surface area contributed by atoms with Crippen LogP contribution in [-0.4, -0.2) is 37.6 Å². The smallest absolute Gasteiger partial charge is 0.328 e. The maximum Gasteiger partial charge on any atom is 0.328 e. The second-order valence-corrected chi connectivity index (χ2v) is 5.97. The van der Waals surface area contributed by atoms with Crippen LogP contribution < -0.4 is 10.6 Å². The van der Waals surface area contributed by atoms with Crippen LogP contribution in [-0.2, 0) is 14.3 Å². The summed E-state index contributed by atoms with van der Waals surface area (Å²) in [6.45, 7) is 0.879. The first-order valence-corrected chi connectivity index (χ1v) is 7.82. The Bertz CT molecular complexity index is 334. The molecule has 0 aromatic heterocycles. The maximum absolute atomic E-state index is 12.1. The van der Waals surface area contributed by atoms with E-state index in [1.165, 1.54) is 26.4 Å². The van der Waals surface area contributed by atoms with Gasteiger partial charge >= 0.3 is 5.97 Å². The normalized spacial score (nSPS) is 25.1. The van der Waals surface area contributed by atoms with Gasteiger partial charge in [-0.15, -0.1) is 0 Å². The molecule has 2 rings (SSSR count). The summed E-state index contributed by atoms with van der Waals surface area (Å²) in [5, 5.41) is 6.04. The Balaban J connectivity index is 1.88. The molecule has 1 aliphatic carbocycles. The zero-order chi connectivity index (χ0) is 14.4. The van der Waals surface area contributed by atoms with Crippen molar-refractivity contribution in [3.63, 3.8) is 0 Å². The number of esters is 1. The molecule has 114 valence electrons. The van der Waals surface area contributed by atoms with Crippen molar-refractivity contribution in [3.05, 3.63) is 0 Å². The van der Waals surface area contributed by atoms with Crippen molar-refractivity contribution in [3.8, 4) is 0 Å². The third-order valence-electron chi connectivity index (χ3n) is 4.47. The van der Waals surface area contributed by atoms with Gasteiger partial charge in [0.05, 0.1) is 13.2 Å². The van der Waals surface area contributed by atoms with Crippen molar-refractivity contribution >= 4 is 11.9 Å². The van der Waals surface area contributed by atoms with Crippen LogP contribution in [0.1, 0.15) is 51.4 Å². The summed E-state index contributed by atoms with van der Waals surface area (Å²) < 4.78 is 4.84. The molecule has 0 aromatic rings. The first-order valence-electron chi connectivity index (χ1n) is 7.82. The van der Waals surface area contributed by atoms with E-state index in [2.05, 4.69) is 10.6 Å². The summed E-state index contributed by atoms with van der Waals surface area (Å²) in [6, 6.07) is -0.633. The molecule has 1 saturated carbocycles. The van der Waals surface area contributed by atoms with Crippen LogP contribution in [0.15, 0.2) is 0 Å². The molecule has 1 amide bonds. The number of carbonyl (C=O) groups is 2. The fourth-order valence-electron chi connectivity index (χ4n) is 3.29. The lowest BCUT2D eigenvalue weighted by molar-refractivity contribution is -0.145. The fourth-order valence-corrected chi connectivity index (χ4v) is 3.29. The summed E-state index contributed by atoms with van der Waals surface area (Å²) in [5.74, 6) is 0.153. The fraction of sp³-hybridized carbons (Fsp3) is 0.867. The number of methoxy groups -OCH3 is 1. The highest BCUT2D eigenvalue weighted by Gasteiger charge is 2.30. The van der Waals surface area contributed by atoms with Gasteiger partial charge in [0.2, 0.25) is 5.91 Å². The minimum atomic E-state index is -0.488. The summed E-state index contributed by atoms with van der Waals surface area (Å²) in [4.78, 5) is 24.0. The third-order valence-corrected chi connectivity index (χ3v) is 4.47. The molecule has 1 unspecified atom stereocenters. The van der Waals surface area contributed by atoms with Gasteiger partial charge in [-0.1, -0.05) is 32.1 Å². The topological polar surface area (TPSA) is 67.4 Å². The first-order chi connectivity index (χ1) is 9.70. The van der Waals surface area contributed by atoms with Gasteiger partial charge in [0.15, 0.2) is 0 Å². The van der Waals surface area contributed by atoms with Crippen LogP contribution in [0, 0.1) is 5.92 Å². The van der Waals surface area contributed by atoms with Gasteiger partial charge in [-0.3, -0.25) is 4.79 Å². The van der Waals surface area contributed by atoms with E-state index in [9.17, 15) is 9.59 Å². The SMILES string of the molecule is COC(=O)[C@@H](CC1CCCCC1)NC(=O)C1CCCN1. The third kappa shape index (κ3) is 4.20. The zero-order valence-corrected chi connectivity index (χ0v) is 12.3. The number of hydrogen-bond acceptors (Lipinski definition) is 4. The molecule has 2 N–H and O–H groups in total. The Morgan fingerprint density at radius 2 is 1.95 bits per heavy atom. The average Bonchev–Trinajstić information content (AvgIpc) is 3.01. The minimum Gasteiger partial charge on any atom is -0.467 e. The number of ether oxygens (including phenoxy) is 1. The molecule has 20 heavy (non-hydrogen) atoms. The van der Waals surface area contributed by atoms with Crippen LogP contribution in [0.3, 0.4) is 0 Å². The van der Waals surface area contributed by atoms with Crippen LogP contribution in [0.2, 0.25) is 0 Å². The molecule has 2 atom stereocenters. The molecular formula is C15H26N2O3. The van der Waals surface area contributed by atoms with Crippen LogP contribution in [0.5, 0.6) is 0 Å².